The van der Waals surface area contributed by atoms with Gasteiger partial charge in [-0.2, -0.15) is 4.98 Å². The summed E-state index contributed by atoms with van der Waals surface area (Å²) < 4.78 is 12.4. The second-order valence-electron chi connectivity index (χ2n) is 8.35. The highest BCUT2D eigenvalue weighted by atomic mass is 32.2. The Balaban J connectivity index is 1.41. The zero-order valence-electron chi connectivity index (χ0n) is 19.7. The number of nitro benzene ring substituents is 1. The first-order valence-corrected chi connectivity index (χ1v) is 12.9. The molecule has 0 aliphatic carbocycles. The van der Waals surface area contributed by atoms with Crippen molar-refractivity contribution in [3.8, 4) is 28.5 Å². The minimum atomic E-state index is -0.654. The molecule has 1 aliphatic heterocycles. The SMILES string of the molecule is CCCCCCSc1nnc2c(n1)O[C@H](c1ccc(-c3ccc([N+](=O)[O-])cc3)o1)Nc1ccccc1-2. The number of hydrogen-bond acceptors (Lipinski definition) is 9. The Labute approximate surface area is 212 Å². The van der Waals surface area contributed by atoms with Crippen LogP contribution in [-0.2, 0) is 0 Å². The Morgan fingerprint density at radius 2 is 1.86 bits per heavy atom. The van der Waals surface area contributed by atoms with E-state index in [9.17, 15) is 10.1 Å². The molecule has 10 heteroatoms. The van der Waals surface area contributed by atoms with Gasteiger partial charge in [-0.1, -0.05) is 56.1 Å². The number of non-ortho nitro benzene ring substituents is 1. The second kappa shape index (κ2) is 10.8. The lowest BCUT2D eigenvalue weighted by atomic mass is 10.1. The van der Waals surface area contributed by atoms with Crippen LogP contribution in [0.5, 0.6) is 5.88 Å². The van der Waals surface area contributed by atoms with Crippen molar-refractivity contribution in [1.29, 1.82) is 0 Å². The van der Waals surface area contributed by atoms with E-state index in [0.29, 0.717) is 28.3 Å². The molecule has 2 aromatic heterocycles. The lowest BCUT2D eigenvalue weighted by Gasteiger charge is -2.16. The van der Waals surface area contributed by atoms with Crippen molar-refractivity contribution in [1.82, 2.24) is 15.2 Å². The maximum atomic E-state index is 11.0. The summed E-state index contributed by atoms with van der Waals surface area (Å²) in [6.45, 7) is 2.19. The van der Waals surface area contributed by atoms with E-state index in [0.717, 1.165) is 29.0 Å². The fourth-order valence-corrected chi connectivity index (χ4v) is 4.70. The van der Waals surface area contributed by atoms with Gasteiger partial charge in [0.15, 0.2) is 11.5 Å². The van der Waals surface area contributed by atoms with Crippen LogP contribution in [0.1, 0.15) is 44.6 Å². The van der Waals surface area contributed by atoms with Crippen LogP contribution in [0.15, 0.2) is 70.2 Å². The number of hydrogen-bond donors (Lipinski definition) is 1. The summed E-state index contributed by atoms with van der Waals surface area (Å²) in [6.07, 6.45) is 4.06. The van der Waals surface area contributed by atoms with Gasteiger partial charge in [-0.05, 0) is 36.8 Å². The fraction of sp³-hybridized carbons (Fsp3) is 0.269. The average molecular weight is 504 g/mol. The van der Waals surface area contributed by atoms with Crippen molar-refractivity contribution in [2.75, 3.05) is 11.1 Å². The van der Waals surface area contributed by atoms with Crippen LogP contribution in [0.3, 0.4) is 0 Å². The topological polar surface area (TPSA) is 116 Å². The molecule has 5 rings (SSSR count). The van der Waals surface area contributed by atoms with Crippen molar-refractivity contribution in [2.45, 2.75) is 44.0 Å². The largest absolute Gasteiger partial charge is 0.455 e. The first-order chi connectivity index (χ1) is 17.6. The van der Waals surface area contributed by atoms with Crippen molar-refractivity contribution < 1.29 is 14.1 Å². The Morgan fingerprint density at radius 1 is 1.03 bits per heavy atom. The van der Waals surface area contributed by atoms with Crippen LogP contribution in [0.2, 0.25) is 0 Å². The molecular weight excluding hydrogens is 478 g/mol. The highest BCUT2D eigenvalue weighted by molar-refractivity contribution is 7.99. The van der Waals surface area contributed by atoms with Crippen molar-refractivity contribution in [2.24, 2.45) is 0 Å². The van der Waals surface area contributed by atoms with E-state index in [1.54, 1.807) is 23.9 Å². The molecule has 3 heterocycles. The number of aromatic nitrogens is 3. The van der Waals surface area contributed by atoms with Crippen molar-refractivity contribution in [3.05, 3.63) is 76.5 Å². The van der Waals surface area contributed by atoms with Gasteiger partial charge in [-0.25, -0.2) is 0 Å². The number of fused-ring (bicyclic) bond motifs is 3. The standard InChI is InChI=1S/C26H25N5O4S/c1-2-3-4-7-16-36-26-28-25-23(29-30-26)19-8-5-6-9-20(19)27-24(35-25)22-15-14-21(34-22)17-10-12-18(13-11-17)31(32)33/h5-6,8-15,24,27H,2-4,7,16H2,1H3/t24-/m1/s1. The molecule has 9 nitrogen and oxygen atoms in total. The van der Waals surface area contributed by atoms with E-state index in [-0.39, 0.29) is 5.69 Å². The van der Waals surface area contributed by atoms with Gasteiger partial charge in [0.1, 0.15) is 5.76 Å². The van der Waals surface area contributed by atoms with Gasteiger partial charge in [0, 0.05) is 34.7 Å². The molecule has 0 unspecified atom stereocenters. The highest BCUT2D eigenvalue weighted by Gasteiger charge is 2.28. The third-order valence-electron chi connectivity index (χ3n) is 5.81. The Morgan fingerprint density at radius 3 is 2.67 bits per heavy atom. The molecule has 2 aromatic carbocycles. The Kier molecular flexibility index (Phi) is 7.13. The summed E-state index contributed by atoms with van der Waals surface area (Å²) in [5.41, 5.74) is 2.99. The third kappa shape index (κ3) is 5.18. The van der Waals surface area contributed by atoms with Crippen LogP contribution < -0.4 is 10.1 Å². The monoisotopic (exact) mass is 503 g/mol. The number of nitrogens with zero attached hydrogens (tertiary/aromatic N) is 4. The molecule has 184 valence electrons. The van der Waals surface area contributed by atoms with Gasteiger partial charge in [-0.3, -0.25) is 10.1 Å². The van der Waals surface area contributed by atoms with Crippen LogP contribution >= 0.6 is 11.8 Å². The predicted octanol–water partition coefficient (Wildman–Crippen LogP) is 6.88. The normalized spacial score (nSPS) is 14.2. The van der Waals surface area contributed by atoms with Gasteiger partial charge in [0.05, 0.1) is 4.92 Å². The van der Waals surface area contributed by atoms with E-state index < -0.39 is 11.2 Å². The Bertz CT molecular complexity index is 1360. The molecule has 1 atom stereocenters. The third-order valence-corrected chi connectivity index (χ3v) is 6.73. The number of furan rings is 1. The summed E-state index contributed by atoms with van der Waals surface area (Å²) in [4.78, 5) is 15.2. The molecule has 0 radical (unpaired) electrons. The number of benzene rings is 2. The maximum absolute atomic E-state index is 11.0. The molecular formula is C26H25N5O4S. The molecule has 4 aromatic rings. The number of anilines is 1. The summed E-state index contributed by atoms with van der Waals surface area (Å²) in [6, 6.07) is 17.6. The van der Waals surface area contributed by atoms with Crippen molar-refractivity contribution >= 4 is 23.1 Å². The highest BCUT2D eigenvalue weighted by Crippen LogP contribution is 2.40. The quantitative estimate of drug-likeness (QED) is 0.113. The van der Waals surface area contributed by atoms with Gasteiger partial charge in [0.25, 0.3) is 5.69 Å². The number of para-hydroxylation sites is 1. The number of unbranched alkanes of at least 4 members (excludes halogenated alkanes) is 3. The molecule has 0 saturated heterocycles. The van der Waals surface area contributed by atoms with Gasteiger partial charge >= 0.3 is 0 Å². The molecule has 36 heavy (non-hydrogen) atoms. The van der Waals surface area contributed by atoms with Crippen LogP contribution in [0.4, 0.5) is 11.4 Å². The number of ether oxygens (including phenoxy) is 1. The molecule has 0 bridgehead atoms. The van der Waals surface area contributed by atoms with E-state index in [1.165, 1.54) is 31.4 Å². The molecule has 0 fully saturated rings. The van der Waals surface area contributed by atoms with Crippen molar-refractivity contribution in [3.63, 3.8) is 0 Å². The number of nitro groups is 1. The van der Waals surface area contributed by atoms with E-state index in [4.69, 9.17) is 9.15 Å². The summed E-state index contributed by atoms with van der Waals surface area (Å²) in [5.74, 6) is 2.43. The molecule has 0 saturated carbocycles. The zero-order chi connectivity index (χ0) is 24.9. The van der Waals surface area contributed by atoms with E-state index in [1.807, 2.05) is 36.4 Å². The first kappa shape index (κ1) is 23.8. The minimum absolute atomic E-state index is 0.0266. The van der Waals surface area contributed by atoms with Gasteiger partial charge in [-0.15, -0.1) is 10.2 Å². The zero-order valence-corrected chi connectivity index (χ0v) is 20.5. The second-order valence-corrected chi connectivity index (χ2v) is 9.41. The van der Waals surface area contributed by atoms with E-state index in [2.05, 4.69) is 27.4 Å². The molecule has 1 aliphatic rings. The first-order valence-electron chi connectivity index (χ1n) is 11.9. The predicted molar refractivity (Wildman–Crippen MR) is 138 cm³/mol. The Hall–Kier alpha value is -3.92. The summed E-state index contributed by atoms with van der Waals surface area (Å²) in [5, 5.41) is 23.7. The van der Waals surface area contributed by atoms with Crippen LogP contribution in [0.25, 0.3) is 22.6 Å². The number of nitrogens with one attached hydrogen (secondary N) is 1. The van der Waals surface area contributed by atoms with E-state index >= 15 is 0 Å². The maximum Gasteiger partial charge on any atom is 0.269 e. The molecule has 1 N–H and O–H groups in total. The summed E-state index contributed by atoms with van der Waals surface area (Å²) in [7, 11) is 0. The lowest BCUT2D eigenvalue weighted by Crippen LogP contribution is -2.16. The fourth-order valence-electron chi connectivity index (χ4n) is 3.93. The summed E-state index contributed by atoms with van der Waals surface area (Å²) >= 11 is 1.58. The van der Waals surface area contributed by atoms with Gasteiger partial charge in [0.2, 0.25) is 17.3 Å². The smallest absolute Gasteiger partial charge is 0.269 e. The number of rotatable bonds is 9. The average Bonchev–Trinajstić information content (AvgIpc) is 3.33. The van der Waals surface area contributed by atoms with Crippen LogP contribution in [-0.4, -0.2) is 25.9 Å². The molecule has 0 spiro atoms. The molecule has 0 amide bonds. The number of thioether (sulfide) groups is 1. The lowest BCUT2D eigenvalue weighted by molar-refractivity contribution is -0.384. The van der Waals surface area contributed by atoms with Crippen LogP contribution in [0, 0.1) is 10.1 Å². The minimum Gasteiger partial charge on any atom is -0.455 e. The van der Waals surface area contributed by atoms with Gasteiger partial charge < -0.3 is 14.5 Å².